The SMILES string of the molecule is Cc1ccc2c(c1)CCN2C(=O)c1cccc(Nc2snc(O)c2C(=N)NCCCCO)c1. The first kappa shape index (κ1) is 22.8. The van der Waals surface area contributed by atoms with Gasteiger partial charge in [-0.25, -0.2) is 0 Å². The molecule has 0 saturated carbocycles. The molecule has 0 aliphatic carbocycles. The van der Waals surface area contributed by atoms with Crippen molar-refractivity contribution in [3.05, 3.63) is 64.7 Å². The van der Waals surface area contributed by atoms with E-state index in [-0.39, 0.29) is 29.8 Å². The Bertz CT molecular complexity index is 1180. The average Bonchev–Trinajstić information content (AvgIpc) is 3.39. The molecule has 0 unspecified atom stereocenters. The lowest BCUT2D eigenvalue weighted by molar-refractivity contribution is 0.0989. The van der Waals surface area contributed by atoms with E-state index in [1.807, 2.05) is 23.1 Å². The number of aryl methyl sites for hydroxylation is 1. The van der Waals surface area contributed by atoms with E-state index >= 15 is 0 Å². The van der Waals surface area contributed by atoms with Crippen molar-refractivity contribution < 1.29 is 15.0 Å². The lowest BCUT2D eigenvalue weighted by Crippen LogP contribution is -2.28. The minimum absolute atomic E-state index is 0.0536. The first-order chi connectivity index (χ1) is 16.0. The molecule has 1 amide bonds. The molecule has 0 saturated heterocycles. The van der Waals surface area contributed by atoms with Crippen LogP contribution in [0.2, 0.25) is 0 Å². The molecule has 0 radical (unpaired) electrons. The first-order valence-electron chi connectivity index (χ1n) is 10.9. The lowest BCUT2D eigenvalue weighted by Gasteiger charge is -2.18. The molecule has 5 N–H and O–H groups in total. The highest BCUT2D eigenvalue weighted by Gasteiger charge is 2.26. The van der Waals surface area contributed by atoms with Gasteiger partial charge in [0.25, 0.3) is 5.91 Å². The molecule has 4 rings (SSSR count). The molecule has 172 valence electrons. The van der Waals surface area contributed by atoms with E-state index in [1.54, 1.807) is 18.2 Å². The molecule has 8 nitrogen and oxygen atoms in total. The van der Waals surface area contributed by atoms with Gasteiger partial charge in [0.2, 0.25) is 5.88 Å². The van der Waals surface area contributed by atoms with E-state index in [9.17, 15) is 9.90 Å². The van der Waals surface area contributed by atoms with Crippen molar-refractivity contribution in [2.75, 3.05) is 29.9 Å². The van der Waals surface area contributed by atoms with Gasteiger partial charge in [-0.15, -0.1) is 0 Å². The van der Waals surface area contributed by atoms with Crippen molar-refractivity contribution in [1.82, 2.24) is 9.69 Å². The zero-order chi connectivity index (χ0) is 23.4. The number of unbranched alkanes of at least 4 members (excludes halogenated alkanes) is 1. The van der Waals surface area contributed by atoms with Crippen LogP contribution >= 0.6 is 11.5 Å². The molecule has 33 heavy (non-hydrogen) atoms. The maximum Gasteiger partial charge on any atom is 0.258 e. The number of rotatable bonds is 8. The number of hydrogen-bond acceptors (Lipinski definition) is 7. The maximum atomic E-state index is 13.2. The lowest BCUT2D eigenvalue weighted by atomic mass is 10.1. The number of hydrogen-bond donors (Lipinski definition) is 5. The normalized spacial score (nSPS) is 12.5. The van der Waals surface area contributed by atoms with E-state index in [0.29, 0.717) is 42.2 Å². The summed E-state index contributed by atoms with van der Waals surface area (Å²) >= 11 is 1.05. The summed E-state index contributed by atoms with van der Waals surface area (Å²) in [4.78, 5) is 15.0. The summed E-state index contributed by atoms with van der Waals surface area (Å²) in [6, 6.07) is 13.3. The summed E-state index contributed by atoms with van der Waals surface area (Å²) in [5.74, 6) is -0.233. The minimum Gasteiger partial charge on any atom is -0.492 e. The quantitative estimate of drug-likeness (QED) is 0.196. The smallest absolute Gasteiger partial charge is 0.258 e. The standard InChI is InChI=1S/C24H27N5O3S/c1-15-7-8-19-16(13-15)9-11-29(19)24(32)17-5-4-6-18(14-17)27-23-20(22(31)28-33-23)21(25)26-10-2-3-12-30/h4-8,13-14,27,30H,2-3,9-12H2,1H3,(H2,25,26)(H,28,31). The van der Waals surface area contributed by atoms with E-state index in [0.717, 1.165) is 23.6 Å². The third-order valence-electron chi connectivity index (χ3n) is 5.55. The van der Waals surface area contributed by atoms with Gasteiger partial charge in [-0.05, 0) is 67.5 Å². The number of amidine groups is 1. The molecule has 0 atom stereocenters. The van der Waals surface area contributed by atoms with E-state index in [2.05, 4.69) is 28.0 Å². The summed E-state index contributed by atoms with van der Waals surface area (Å²) in [6.07, 6.45) is 2.20. The molecule has 3 aromatic rings. The molecule has 2 heterocycles. The monoisotopic (exact) mass is 465 g/mol. The van der Waals surface area contributed by atoms with Crippen LogP contribution in [0.1, 0.15) is 39.9 Å². The van der Waals surface area contributed by atoms with Gasteiger partial charge in [-0.1, -0.05) is 23.8 Å². The molecule has 1 aliphatic rings. The van der Waals surface area contributed by atoms with Gasteiger partial charge in [-0.3, -0.25) is 10.2 Å². The van der Waals surface area contributed by atoms with Crippen LogP contribution in [0.15, 0.2) is 42.5 Å². The Kier molecular flexibility index (Phi) is 6.90. The molecule has 9 heteroatoms. The fourth-order valence-corrected chi connectivity index (χ4v) is 4.61. The van der Waals surface area contributed by atoms with Crippen LogP contribution in [-0.2, 0) is 6.42 Å². The van der Waals surface area contributed by atoms with Crippen molar-refractivity contribution in [1.29, 1.82) is 5.41 Å². The predicted octanol–water partition coefficient (Wildman–Crippen LogP) is 3.79. The van der Waals surface area contributed by atoms with Crippen LogP contribution in [0, 0.1) is 12.3 Å². The Morgan fingerprint density at radius 1 is 1.24 bits per heavy atom. The number of carbonyl (C=O) groups excluding carboxylic acids is 1. The van der Waals surface area contributed by atoms with Gasteiger partial charge in [-0.2, -0.15) is 4.37 Å². The second kappa shape index (κ2) is 10.0. The Morgan fingerprint density at radius 2 is 2.09 bits per heavy atom. The summed E-state index contributed by atoms with van der Waals surface area (Å²) in [7, 11) is 0. The van der Waals surface area contributed by atoms with E-state index in [1.165, 1.54) is 11.1 Å². The number of aliphatic hydroxyl groups is 1. The van der Waals surface area contributed by atoms with Gasteiger partial charge < -0.3 is 25.7 Å². The number of nitrogens with zero attached hydrogens (tertiary/aromatic N) is 2. The van der Waals surface area contributed by atoms with Crippen molar-refractivity contribution in [3.8, 4) is 5.88 Å². The molecule has 1 aromatic heterocycles. The van der Waals surface area contributed by atoms with E-state index in [4.69, 9.17) is 10.5 Å². The number of fused-ring (bicyclic) bond motifs is 1. The van der Waals surface area contributed by atoms with Crippen molar-refractivity contribution in [2.45, 2.75) is 26.2 Å². The number of amides is 1. The number of carbonyl (C=O) groups is 1. The third kappa shape index (κ3) is 4.99. The van der Waals surface area contributed by atoms with Gasteiger partial charge in [0.05, 0.1) is 0 Å². The van der Waals surface area contributed by atoms with Gasteiger partial charge in [0.1, 0.15) is 16.4 Å². The van der Waals surface area contributed by atoms with Gasteiger partial charge in [0, 0.05) is 36.6 Å². The van der Waals surface area contributed by atoms with Crippen LogP contribution in [0.4, 0.5) is 16.4 Å². The Labute approximate surface area is 196 Å². The largest absolute Gasteiger partial charge is 0.492 e. The van der Waals surface area contributed by atoms with Crippen molar-refractivity contribution in [3.63, 3.8) is 0 Å². The molecular formula is C24H27N5O3S. The Hall–Kier alpha value is -3.43. The van der Waals surface area contributed by atoms with Gasteiger partial charge >= 0.3 is 0 Å². The highest BCUT2D eigenvalue weighted by molar-refractivity contribution is 7.11. The zero-order valence-corrected chi connectivity index (χ0v) is 19.2. The topological polar surface area (TPSA) is 122 Å². The Morgan fingerprint density at radius 3 is 2.91 bits per heavy atom. The van der Waals surface area contributed by atoms with Crippen LogP contribution in [-0.4, -0.2) is 46.0 Å². The second-order valence-electron chi connectivity index (χ2n) is 7.99. The summed E-state index contributed by atoms with van der Waals surface area (Å²) in [5.41, 5.74) is 4.84. The van der Waals surface area contributed by atoms with Crippen molar-refractivity contribution >= 4 is 39.7 Å². The highest BCUT2D eigenvalue weighted by atomic mass is 32.1. The number of aromatic hydroxyl groups is 1. The fraction of sp³-hybridized carbons (Fsp3) is 0.292. The molecule has 0 spiro atoms. The maximum absolute atomic E-state index is 13.2. The average molecular weight is 466 g/mol. The molecular weight excluding hydrogens is 438 g/mol. The first-order valence-corrected chi connectivity index (χ1v) is 11.7. The number of benzene rings is 2. The van der Waals surface area contributed by atoms with E-state index < -0.39 is 0 Å². The zero-order valence-electron chi connectivity index (χ0n) is 18.4. The Balaban J connectivity index is 1.50. The molecule has 2 aromatic carbocycles. The number of aliphatic hydroxyl groups excluding tert-OH is 1. The van der Waals surface area contributed by atoms with Crippen LogP contribution in [0.25, 0.3) is 0 Å². The molecule has 0 fully saturated rings. The number of nitrogens with one attached hydrogen (secondary N) is 3. The van der Waals surface area contributed by atoms with Crippen LogP contribution in [0.5, 0.6) is 5.88 Å². The molecule has 0 bridgehead atoms. The summed E-state index contributed by atoms with van der Waals surface area (Å²) in [6.45, 7) is 3.32. The minimum atomic E-state index is -0.224. The second-order valence-corrected chi connectivity index (χ2v) is 8.76. The summed E-state index contributed by atoms with van der Waals surface area (Å²) in [5, 5.41) is 34.0. The summed E-state index contributed by atoms with van der Waals surface area (Å²) < 4.78 is 3.97. The molecule has 1 aliphatic heterocycles. The highest BCUT2D eigenvalue weighted by Crippen LogP contribution is 2.33. The van der Waals surface area contributed by atoms with Gasteiger partial charge in [0.15, 0.2) is 0 Å². The van der Waals surface area contributed by atoms with Crippen LogP contribution < -0.4 is 15.5 Å². The van der Waals surface area contributed by atoms with Crippen LogP contribution in [0.3, 0.4) is 0 Å². The van der Waals surface area contributed by atoms with Crippen molar-refractivity contribution in [2.24, 2.45) is 0 Å². The fourth-order valence-electron chi connectivity index (χ4n) is 3.89. The predicted molar refractivity (Wildman–Crippen MR) is 131 cm³/mol. The number of anilines is 3. The third-order valence-corrected chi connectivity index (χ3v) is 6.31. The number of aromatic nitrogens is 1.